The van der Waals surface area contributed by atoms with E-state index >= 15 is 0 Å². The van der Waals surface area contributed by atoms with E-state index in [4.69, 9.17) is 9.15 Å². The summed E-state index contributed by atoms with van der Waals surface area (Å²) < 4.78 is 37.4. The molecule has 2 aromatic carbocycles. The fraction of sp³-hybridized carbons (Fsp3) is 0.200. The van der Waals surface area contributed by atoms with Gasteiger partial charge in [-0.05, 0) is 44.2 Å². The number of esters is 1. The molecular weight excluding hydrogens is 382 g/mol. The van der Waals surface area contributed by atoms with Gasteiger partial charge in [0.2, 0.25) is 5.91 Å². The molecule has 0 saturated carbocycles. The van der Waals surface area contributed by atoms with Crippen molar-refractivity contribution >= 4 is 38.6 Å². The topological polar surface area (TPSA) is 93.9 Å². The van der Waals surface area contributed by atoms with Crippen molar-refractivity contribution in [3.63, 3.8) is 0 Å². The van der Waals surface area contributed by atoms with Gasteiger partial charge in [0, 0.05) is 12.3 Å². The molecule has 146 valence electrons. The molecule has 1 amide bonds. The zero-order valence-electron chi connectivity index (χ0n) is 15.6. The second-order valence-corrected chi connectivity index (χ2v) is 7.82. The van der Waals surface area contributed by atoms with Gasteiger partial charge in [0.05, 0.1) is 17.2 Å². The SMILES string of the molecule is CCOC(=O)c1c(C)oc2ccc(N(C(C)=O)S(=O)(=O)c3ccccc3)cc12. The number of ether oxygens (including phenoxy) is 1. The van der Waals surface area contributed by atoms with Gasteiger partial charge < -0.3 is 9.15 Å². The molecule has 0 saturated heterocycles. The normalized spacial score (nSPS) is 11.4. The molecule has 0 unspecified atom stereocenters. The maximum Gasteiger partial charge on any atom is 0.342 e. The Balaban J connectivity index is 2.19. The standard InChI is InChI=1S/C20H19NO6S/c1-4-26-20(23)19-13(2)27-18-11-10-15(12-17(18)19)21(14(3)22)28(24,25)16-8-6-5-7-9-16/h5-12H,4H2,1-3H3. The third-order valence-corrected chi connectivity index (χ3v) is 5.95. The number of amides is 1. The van der Waals surface area contributed by atoms with Gasteiger partial charge in [0.15, 0.2) is 0 Å². The van der Waals surface area contributed by atoms with E-state index in [0.29, 0.717) is 21.0 Å². The number of anilines is 1. The molecule has 0 atom stereocenters. The summed E-state index contributed by atoms with van der Waals surface area (Å²) in [5.41, 5.74) is 0.708. The number of furan rings is 1. The summed E-state index contributed by atoms with van der Waals surface area (Å²) in [4.78, 5) is 24.5. The number of hydrogen-bond acceptors (Lipinski definition) is 6. The summed E-state index contributed by atoms with van der Waals surface area (Å²) in [6.07, 6.45) is 0. The summed E-state index contributed by atoms with van der Waals surface area (Å²) >= 11 is 0. The minimum Gasteiger partial charge on any atom is -0.462 e. The first-order valence-corrected chi connectivity index (χ1v) is 10.0. The number of sulfonamides is 1. The Kier molecular flexibility index (Phi) is 5.24. The van der Waals surface area contributed by atoms with E-state index in [-0.39, 0.29) is 22.8 Å². The molecule has 1 aromatic heterocycles. The molecule has 3 aromatic rings. The first-order valence-electron chi connectivity index (χ1n) is 8.58. The molecule has 0 bridgehead atoms. The molecule has 28 heavy (non-hydrogen) atoms. The van der Waals surface area contributed by atoms with E-state index in [9.17, 15) is 18.0 Å². The molecule has 1 heterocycles. The van der Waals surface area contributed by atoms with E-state index < -0.39 is 21.9 Å². The predicted octanol–water partition coefficient (Wildman–Crippen LogP) is 3.66. The Morgan fingerprint density at radius 1 is 1.11 bits per heavy atom. The van der Waals surface area contributed by atoms with Gasteiger partial charge in [-0.15, -0.1) is 0 Å². The summed E-state index contributed by atoms with van der Waals surface area (Å²) in [6, 6.07) is 12.1. The van der Waals surface area contributed by atoms with Crippen molar-refractivity contribution in [2.24, 2.45) is 0 Å². The van der Waals surface area contributed by atoms with Gasteiger partial charge in [0.1, 0.15) is 16.9 Å². The number of fused-ring (bicyclic) bond motifs is 1. The van der Waals surface area contributed by atoms with Crippen molar-refractivity contribution in [1.29, 1.82) is 0 Å². The second-order valence-electron chi connectivity index (χ2n) is 6.04. The maximum atomic E-state index is 13.0. The third kappa shape index (κ3) is 3.38. The Morgan fingerprint density at radius 3 is 2.39 bits per heavy atom. The number of nitrogens with zero attached hydrogens (tertiary/aromatic N) is 1. The lowest BCUT2D eigenvalue weighted by atomic mass is 10.1. The molecule has 0 radical (unpaired) electrons. The lowest BCUT2D eigenvalue weighted by Crippen LogP contribution is -2.35. The average molecular weight is 401 g/mol. The highest BCUT2D eigenvalue weighted by molar-refractivity contribution is 7.93. The lowest BCUT2D eigenvalue weighted by molar-refractivity contribution is -0.115. The number of benzene rings is 2. The fourth-order valence-electron chi connectivity index (χ4n) is 2.98. The molecule has 3 rings (SSSR count). The zero-order chi connectivity index (χ0) is 20.5. The Labute approximate surface area is 162 Å². The predicted molar refractivity (Wildman–Crippen MR) is 104 cm³/mol. The van der Waals surface area contributed by atoms with E-state index in [1.165, 1.54) is 30.3 Å². The monoisotopic (exact) mass is 401 g/mol. The Hall–Kier alpha value is -3.13. The number of rotatable bonds is 5. The number of aryl methyl sites for hydroxylation is 1. The van der Waals surface area contributed by atoms with Gasteiger partial charge in [-0.25, -0.2) is 17.5 Å². The Bertz CT molecular complexity index is 1150. The van der Waals surface area contributed by atoms with Crippen LogP contribution in [-0.4, -0.2) is 26.9 Å². The van der Waals surface area contributed by atoms with Crippen LogP contribution in [0.2, 0.25) is 0 Å². The number of hydrogen-bond donors (Lipinski definition) is 0. The van der Waals surface area contributed by atoms with Crippen LogP contribution in [0.25, 0.3) is 11.0 Å². The van der Waals surface area contributed by atoms with Crippen LogP contribution in [0.5, 0.6) is 0 Å². The van der Waals surface area contributed by atoms with Crippen LogP contribution >= 0.6 is 0 Å². The zero-order valence-corrected chi connectivity index (χ0v) is 16.4. The second kappa shape index (κ2) is 7.47. The van der Waals surface area contributed by atoms with Crippen LogP contribution in [0.15, 0.2) is 57.8 Å². The minimum atomic E-state index is -4.12. The minimum absolute atomic E-state index is 0.0145. The van der Waals surface area contributed by atoms with Crippen molar-refractivity contribution in [3.8, 4) is 0 Å². The first-order chi connectivity index (χ1) is 13.3. The number of carbonyl (C=O) groups excluding carboxylic acids is 2. The van der Waals surface area contributed by atoms with Gasteiger partial charge in [-0.3, -0.25) is 4.79 Å². The van der Waals surface area contributed by atoms with E-state index in [2.05, 4.69) is 0 Å². The van der Waals surface area contributed by atoms with Gasteiger partial charge in [-0.1, -0.05) is 18.2 Å². The molecule has 7 nitrogen and oxygen atoms in total. The molecule has 0 aliphatic carbocycles. The van der Waals surface area contributed by atoms with Crippen LogP contribution < -0.4 is 4.31 Å². The van der Waals surface area contributed by atoms with Crippen molar-refractivity contribution < 1.29 is 27.2 Å². The smallest absolute Gasteiger partial charge is 0.342 e. The Morgan fingerprint density at radius 2 is 1.79 bits per heavy atom. The fourth-order valence-corrected chi connectivity index (χ4v) is 4.42. The van der Waals surface area contributed by atoms with Crippen molar-refractivity contribution in [2.45, 2.75) is 25.7 Å². The highest BCUT2D eigenvalue weighted by Gasteiger charge is 2.30. The summed E-state index contributed by atoms with van der Waals surface area (Å²) in [7, 11) is -4.12. The molecule has 0 aliphatic rings. The number of carbonyl (C=O) groups is 2. The van der Waals surface area contributed by atoms with Crippen LogP contribution in [0.4, 0.5) is 5.69 Å². The largest absolute Gasteiger partial charge is 0.462 e. The van der Waals surface area contributed by atoms with Crippen LogP contribution in [0.3, 0.4) is 0 Å². The van der Waals surface area contributed by atoms with Crippen molar-refractivity contribution in [1.82, 2.24) is 0 Å². The van der Waals surface area contributed by atoms with Gasteiger partial charge in [0.25, 0.3) is 10.0 Å². The van der Waals surface area contributed by atoms with Gasteiger partial charge in [-0.2, -0.15) is 0 Å². The quantitative estimate of drug-likeness (QED) is 0.606. The summed E-state index contributed by atoms with van der Waals surface area (Å²) in [5, 5.41) is 0.378. The van der Waals surface area contributed by atoms with Crippen molar-refractivity contribution in [2.75, 3.05) is 10.9 Å². The molecule has 0 fully saturated rings. The van der Waals surface area contributed by atoms with Crippen LogP contribution in [-0.2, 0) is 19.6 Å². The highest BCUT2D eigenvalue weighted by atomic mass is 32.2. The highest BCUT2D eigenvalue weighted by Crippen LogP contribution is 2.32. The van der Waals surface area contributed by atoms with Crippen molar-refractivity contribution in [3.05, 3.63) is 59.9 Å². The lowest BCUT2D eigenvalue weighted by Gasteiger charge is -2.21. The first kappa shape index (κ1) is 19.6. The van der Waals surface area contributed by atoms with Crippen LogP contribution in [0.1, 0.15) is 30.0 Å². The molecule has 0 aliphatic heterocycles. The maximum absolute atomic E-state index is 13.0. The molecule has 0 spiro atoms. The van der Waals surface area contributed by atoms with E-state index in [1.807, 2.05) is 0 Å². The van der Waals surface area contributed by atoms with Gasteiger partial charge >= 0.3 is 5.97 Å². The third-order valence-electron chi connectivity index (χ3n) is 4.13. The molecule has 0 N–H and O–H groups in total. The van der Waals surface area contributed by atoms with E-state index in [1.54, 1.807) is 32.0 Å². The average Bonchev–Trinajstić information content (AvgIpc) is 2.97. The molecular formula is C20H19NO6S. The van der Waals surface area contributed by atoms with Crippen LogP contribution in [0, 0.1) is 6.92 Å². The summed E-state index contributed by atoms with van der Waals surface area (Å²) in [6.45, 7) is 4.66. The molecule has 8 heteroatoms. The van der Waals surface area contributed by atoms with E-state index in [0.717, 1.165) is 6.92 Å². The summed E-state index contributed by atoms with van der Waals surface area (Å²) in [5.74, 6) is -0.900.